The van der Waals surface area contributed by atoms with E-state index in [0.717, 1.165) is 11.3 Å². The standard InChI is InChI=1S/C16H25NO2/c1-11-9-13(3)14(10-12(11)2)19-8-7-17-15(18)16(4,5)6/h9-10H,7-8H2,1-6H3,(H,17,18). The fourth-order valence-electron chi connectivity index (χ4n) is 1.68. The first-order valence-electron chi connectivity index (χ1n) is 6.71. The summed E-state index contributed by atoms with van der Waals surface area (Å²) in [5.41, 5.74) is 3.27. The van der Waals surface area contributed by atoms with Gasteiger partial charge in [-0.2, -0.15) is 0 Å². The predicted octanol–water partition coefficient (Wildman–Crippen LogP) is 3.15. The van der Waals surface area contributed by atoms with Crippen LogP contribution in [0.15, 0.2) is 12.1 Å². The van der Waals surface area contributed by atoms with Crippen LogP contribution in [0.4, 0.5) is 0 Å². The summed E-state index contributed by atoms with van der Waals surface area (Å²) in [6, 6.07) is 4.18. The van der Waals surface area contributed by atoms with Crippen molar-refractivity contribution in [2.45, 2.75) is 41.5 Å². The number of aryl methyl sites for hydroxylation is 3. The second-order valence-corrected chi connectivity index (χ2v) is 6.06. The lowest BCUT2D eigenvalue weighted by atomic mass is 9.96. The summed E-state index contributed by atoms with van der Waals surface area (Å²) in [4.78, 5) is 11.7. The van der Waals surface area contributed by atoms with E-state index in [9.17, 15) is 4.79 Å². The van der Waals surface area contributed by atoms with E-state index in [1.165, 1.54) is 11.1 Å². The van der Waals surface area contributed by atoms with E-state index in [4.69, 9.17) is 4.74 Å². The molecule has 106 valence electrons. The molecule has 0 heterocycles. The highest BCUT2D eigenvalue weighted by atomic mass is 16.5. The van der Waals surface area contributed by atoms with Gasteiger partial charge in [-0.1, -0.05) is 26.8 Å². The molecule has 19 heavy (non-hydrogen) atoms. The third kappa shape index (κ3) is 4.58. The summed E-state index contributed by atoms with van der Waals surface area (Å²) in [6.07, 6.45) is 0. The van der Waals surface area contributed by atoms with Gasteiger partial charge >= 0.3 is 0 Å². The number of benzene rings is 1. The Balaban J connectivity index is 2.46. The minimum Gasteiger partial charge on any atom is -0.491 e. The molecule has 1 amide bonds. The van der Waals surface area contributed by atoms with Crippen molar-refractivity contribution in [2.75, 3.05) is 13.2 Å². The van der Waals surface area contributed by atoms with Crippen molar-refractivity contribution in [1.82, 2.24) is 5.32 Å². The molecule has 0 radical (unpaired) electrons. The van der Waals surface area contributed by atoms with Gasteiger partial charge in [0.15, 0.2) is 0 Å². The minimum atomic E-state index is -0.351. The number of hydrogen-bond acceptors (Lipinski definition) is 2. The Morgan fingerprint density at radius 3 is 2.26 bits per heavy atom. The monoisotopic (exact) mass is 263 g/mol. The van der Waals surface area contributed by atoms with Gasteiger partial charge in [0, 0.05) is 5.41 Å². The van der Waals surface area contributed by atoms with Crippen molar-refractivity contribution in [1.29, 1.82) is 0 Å². The molecule has 0 saturated carbocycles. The molecule has 1 rings (SSSR count). The van der Waals surface area contributed by atoms with Gasteiger partial charge in [0.05, 0.1) is 6.54 Å². The highest BCUT2D eigenvalue weighted by Gasteiger charge is 2.20. The molecule has 0 aliphatic rings. The third-order valence-electron chi connectivity index (χ3n) is 3.12. The second-order valence-electron chi connectivity index (χ2n) is 6.06. The SMILES string of the molecule is Cc1cc(C)c(OCCNC(=O)C(C)(C)C)cc1C. The summed E-state index contributed by atoms with van der Waals surface area (Å²) in [6.45, 7) is 12.9. The summed E-state index contributed by atoms with van der Waals surface area (Å²) in [7, 11) is 0. The topological polar surface area (TPSA) is 38.3 Å². The highest BCUT2D eigenvalue weighted by molar-refractivity contribution is 5.81. The normalized spacial score (nSPS) is 11.3. The summed E-state index contributed by atoms with van der Waals surface area (Å²) in [5.74, 6) is 0.945. The fraction of sp³-hybridized carbons (Fsp3) is 0.562. The van der Waals surface area contributed by atoms with Gasteiger partial charge in [-0.25, -0.2) is 0 Å². The van der Waals surface area contributed by atoms with Gasteiger partial charge in [0.2, 0.25) is 5.91 Å². The Morgan fingerprint density at radius 1 is 1.11 bits per heavy atom. The molecular weight excluding hydrogens is 238 g/mol. The number of nitrogens with one attached hydrogen (secondary N) is 1. The van der Waals surface area contributed by atoms with E-state index in [2.05, 4.69) is 31.3 Å². The molecule has 1 N–H and O–H groups in total. The number of amides is 1. The first-order valence-corrected chi connectivity index (χ1v) is 6.71. The lowest BCUT2D eigenvalue weighted by Gasteiger charge is -2.18. The molecule has 1 aromatic rings. The zero-order valence-corrected chi connectivity index (χ0v) is 12.9. The average molecular weight is 263 g/mol. The number of hydrogen-bond donors (Lipinski definition) is 1. The van der Waals surface area contributed by atoms with Crippen LogP contribution in [0.25, 0.3) is 0 Å². The van der Waals surface area contributed by atoms with Crippen LogP contribution >= 0.6 is 0 Å². The zero-order chi connectivity index (χ0) is 14.6. The fourth-order valence-corrected chi connectivity index (χ4v) is 1.68. The van der Waals surface area contributed by atoms with E-state index in [1.807, 2.05) is 27.7 Å². The maximum Gasteiger partial charge on any atom is 0.225 e. The van der Waals surface area contributed by atoms with Gasteiger partial charge in [0.1, 0.15) is 12.4 Å². The quantitative estimate of drug-likeness (QED) is 0.847. The van der Waals surface area contributed by atoms with Crippen LogP contribution in [-0.2, 0) is 4.79 Å². The van der Waals surface area contributed by atoms with Crippen LogP contribution in [-0.4, -0.2) is 19.1 Å². The number of carbonyl (C=O) groups is 1. The lowest BCUT2D eigenvalue weighted by Crippen LogP contribution is -2.37. The molecule has 0 bridgehead atoms. The molecule has 0 aliphatic carbocycles. The molecule has 0 aliphatic heterocycles. The van der Waals surface area contributed by atoms with Gasteiger partial charge in [-0.3, -0.25) is 4.79 Å². The first-order chi connectivity index (χ1) is 8.71. The van der Waals surface area contributed by atoms with E-state index in [1.54, 1.807) is 0 Å². The molecule has 0 spiro atoms. The summed E-state index contributed by atoms with van der Waals surface area (Å²) in [5, 5.41) is 2.87. The van der Waals surface area contributed by atoms with Crippen LogP contribution < -0.4 is 10.1 Å². The first kappa shape index (κ1) is 15.5. The third-order valence-corrected chi connectivity index (χ3v) is 3.12. The van der Waals surface area contributed by atoms with Crippen LogP contribution in [0, 0.1) is 26.2 Å². The molecule has 0 fully saturated rings. The van der Waals surface area contributed by atoms with Crippen LogP contribution in [0.2, 0.25) is 0 Å². The number of carbonyl (C=O) groups excluding carboxylic acids is 1. The predicted molar refractivity (Wildman–Crippen MR) is 78.6 cm³/mol. The molecule has 3 heteroatoms. The van der Waals surface area contributed by atoms with Gasteiger partial charge in [-0.05, 0) is 43.5 Å². The Labute approximate surface area is 116 Å². The molecule has 0 saturated heterocycles. The second kappa shape index (κ2) is 6.09. The van der Waals surface area contributed by atoms with Gasteiger partial charge in [0.25, 0.3) is 0 Å². The van der Waals surface area contributed by atoms with Gasteiger partial charge < -0.3 is 10.1 Å². The van der Waals surface area contributed by atoms with Crippen LogP contribution in [0.3, 0.4) is 0 Å². The van der Waals surface area contributed by atoms with Crippen molar-refractivity contribution in [3.8, 4) is 5.75 Å². The molecule has 0 aromatic heterocycles. The van der Waals surface area contributed by atoms with Crippen molar-refractivity contribution in [2.24, 2.45) is 5.41 Å². The molecule has 3 nitrogen and oxygen atoms in total. The van der Waals surface area contributed by atoms with E-state index >= 15 is 0 Å². The van der Waals surface area contributed by atoms with Gasteiger partial charge in [-0.15, -0.1) is 0 Å². The lowest BCUT2D eigenvalue weighted by molar-refractivity contribution is -0.128. The number of ether oxygens (including phenoxy) is 1. The Morgan fingerprint density at radius 2 is 1.68 bits per heavy atom. The zero-order valence-electron chi connectivity index (χ0n) is 12.9. The molecular formula is C16H25NO2. The van der Waals surface area contributed by atoms with E-state index in [-0.39, 0.29) is 11.3 Å². The number of rotatable bonds is 4. The average Bonchev–Trinajstić information content (AvgIpc) is 2.29. The Kier molecular flexibility index (Phi) is 4.98. The van der Waals surface area contributed by atoms with Crippen molar-refractivity contribution in [3.05, 3.63) is 28.8 Å². The van der Waals surface area contributed by atoms with Crippen LogP contribution in [0.1, 0.15) is 37.5 Å². The maximum absolute atomic E-state index is 11.7. The Hall–Kier alpha value is -1.51. The van der Waals surface area contributed by atoms with Crippen LogP contribution in [0.5, 0.6) is 5.75 Å². The smallest absolute Gasteiger partial charge is 0.225 e. The summed E-state index contributed by atoms with van der Waals surface area (Å²) < 4.78 is 5.72. The van der Waals surface area contributed by atoms with Crippen molar-refractivity contribution >= 4 is 5.91 Å². The molecule has 0 atom stereocenters. The minimum absolute atomic E-state index is 0.0490. The largest absolute Gasteiger partial charge is 0.491 e. The van der Waals surface area contributed by atoms with E-state index < -0.39 is 0 Å². The summed E-state index contributed by atoms with van der Waals surface area (Å²) >= 11 is 0. The highest BCUT2D eigenvalue weighted by Crippen LogP contribution is 2.22. The Bertz CT molecular complexity index is 459. The van der Waals surface area contributed by atoms with Crippen molar-refractivity contribution < 1.29 is 9.53 Å². The van der Waals surface area contributed by atoms with E-state index in [0.29, 0.717) is 13.2 Å². The van der Waals surface area contributed by atoms with Crippen molar-refractivity contribution in [3.63, 3.8) is 0 Å². The molecule has 1 aromatic carbocycles. The molecule has 0 unspecified atom stereocenters. The maximum atomic E-state index is 11.7.